The van der Waals surface area contributed by atoms with Crippen molar-refractivity contribution in [3.63, 3.8) is 0 Å². The molecule has 1 heterocycles. The summed E-state index contributed by atoms with van der Waals surface area (Å²) in [6, 6.07) is 4.00. The van der Waals surface area contributed by atoms with Gasteiger partial charge in [-0.05, 0) is 122 Å². The number of carbonyl (C=O) groups is 3. The van der Waals surface area contributed by atoms with Crippen LogP contribution in [0, 0.1) is 56.2 Å². The largest absolute Gasteiger partial charge is 0.481 e. The number of ketones is 1. The molecule has 6 rings (SSSR count). The number of hydrogen-bond donors (Lipinski definition) is 3. The summed E-state index contributed by atoms with van der Waals surface area (Å²) >= 11 is 0. The van der Waals surface area contributed by atoms with E-state index >= 15 is 0 Å². The number of hydrogen-bond acceptors (Lipinski definition) is 8. The Labute approximate surface area is 324 Å². The zero-order valence-electron chi connectivity index (χ0n) is 34.7. The Morgan fingerprint density at radius 2 is 1.74 bits per heavy atom. The fourth-order valence-electron chi connectivity index (χ4n) is 13.5. The van der Waals surface area contributed by atoms with Crippen LogP contribution in [0.15, 0.2) is 35.7 Å². The van der Waals surface area contributed by atoms with Crippen molar-refractivity contribution in [1.29, 1.82) is 0 Å². The molecule has 4 saturated carbocycles. The lowest BCUT2D eigenvalue weighted by Crippen LogP contribution is -2.66. The number of nitrogens with zero attached hydrogens (tertiary/aromatic N) is 2. The quantitative estimate of drug-likeness (QED) is 0.184. The van der Waals surface area contributed by atoms with Gasteiger partial charge in [-0.1, -0.05) is 60.1 Å². The lowest BCUT2D eigenvalue weighted by atomic mass is 9.33. The van der Waals surface area contributed by atoms with Crippen LogP contribution >= 0.6 is 0 Å². The Morgan fingerprint density at radius 1 is 1.02 bits per heavy atom. The summed E-state index contributed by atoms with van der Waals surface area (Å²) in [7, 11) is 0. The molecule has 0 unspecified atom stereocenters. The highest BCUT2D eigenvalue weighted by Gasteiger charge is 2.70. The molecule has 0 aromatic carbocycles. The number of aromatic nitrogens is 1. The maximum Gasteiger partial charge on any atom is 0.309 e. The summed E-state index contributed by atoms with van der Waals surface area (Å²) in [6.07, 6.45) is 10.7. The van der Waals surface area contributed by atoms with E-state index in [9.17, 15) is 24.6 Å². The van der Waals surface area contributed by atoms with E-state index in [2.05, 4.69) is 64.4 Å². The topological polar surface area (TPSA) is 143 Å². The molecule has 300 valence electrons. The van der Waals surface area contributed by atoms with Crippen molar-refractivity contribution in [3.8, 4) is 0 Å². The molecule has 0 amide bonds. The molecule has 5 aliphatic rings. The first kappa shape index (κ1) is 41.0. The first-order valence-electron chi connectivity index (χ1n) is 20.9. The molecule has 4 N–H and O–H groups in total. The number of aliphatic carboxylic acids is 1. The Morgan fingerprint density at radius 3 is 2.37 bits per heavy atom. The van der Waals surface area contributed by atoms with E-state index in [1.54, 1.807) is 20.0 Å². The molecule has 9 nitrogen and oxygen atoms in total. The molecule has 5 aliphatic carbocycles. The molecule has 1 aromatic rings. The number of aliphatic hydroxyl groups is 1. The van der Waals surface area contributed by atoms with Crippen LogP contribution in [0.4, 0.5) is 0 Å². The average molecular weight is 748 g/mol. The molecule has 1 aromatic heterocycles. The molecule has 9 heteroatoms. The van der Waals surface area contributed by atoms with E-state index in [4.69, 9.17) is 10.5 Å². The van der Waals surface area contributed by atoms with Gasteiger partial charge in [0, 0.05) is 55.8 Å². The molecular weight excluding hydrogens is 679 g/mol. The first-order chi connectivity index (χ1) is 25.2. The van der Waals surface area contributed by atoms with Gasteiger partial charge in [0.1, 0.15) is 6.10 Å². The summed E-state index contributed by atoms with van der Waals surface area (Å²) in [6.45, 7) is 21.9. The number of allylic oxidation sites excluding steroid dienone is 1. The van der Waals surface area contributed by atoms with Gasteiger partial charge in [0.25, 0.3) is 0 Å². The first-order valence-corrected chi connectivity index (χ1v) is 20.9. The molecular formula is C45H69N3O6. The molecule has 0 saturated heterocycles. The second-order valence-corrected chi connectivity index (χ2v) is 20.5. The summed E-state index contributed by atoms with van der Waals surface area (Å²) in [5.41, 5.74) is 7.52. The Bertz CT molecular complexity index is 1640. The van der Waals surface area contributed by atoms with Gasteiger partial charge in [-0.3, -0.25) is 24.3 Å². The highest BCUT2D eigenvalue weighted by Crippen LogP contribution is 2.77. The fourth-order valence-corrected chi connectivity index (χ4v) is 13.5. The fraction of sp³-hybridized carbons (Fsp3) is 0.778. The van der Waals surface area contributed by atoms with Crippen molar-refractivity contribution in [2.45, 2.75) is 145 Å². The Kier molecular flexibility index (Phi) is 10.9. The maximum atomic E-state index is 14.2. The van der Waals surface area contributed by atoms with Gasteiger partial charge in [0.05, 0.1) is 17.9 Å². The highest BCUT2D eigenvalue weighted by molar-refractivity contribution is 6.00. The number of esters is 1. The highest BCUT2D eigenvalue weighted by atomic mass is 16.5. The van der Waals surface area contributed by atoms with Crippen LogP contribution in [0.1, 0.15) is 132 Å². The van der Waals surface area contributed by atoms with Gasteiger partial charge < -0.3 is 20.7 Å². The summed E-state index contributed by atoms with van der Waals surface area (Å²) in [4.78, 5) is 45.6. The number of Topliss-reactive ketones (excluding diaryl/α,β-unsaturated/α-hetero) is 1. The summed E-state index contributed by atoms with van der Waals surface area (Å²) in [5.74, 6) is -0.0248. The third-order valence-electron chi connectivity index (χ3n) is 16.5. The van der Waals surface area contributed by atoms with E-state index in [0.717, 1.165) is 62.5 Å². The predicted molar refractivity (Wildman–Crippen MR) is 210 cm³/mol. The smallest absolute Gasteiger partial charge is 0.309 e. The minimum Gasteiger partial charge on any atom is -0.481 e. The summed E-state index contributed by atoms with van der Waals surface area (Å²) in [5, 5.41) is 22.1. The standard InChI is InChI=1S/C45H69N3O6/c1-28(2)37-31(49)23-45(34(50)27-48(22-20-46)26-29-11-10-21-47-25-29)19-18-43(8)30(38(37)45)12-13-33-42(7)16-15-35(54-36(51)24-40(3,4)39(52)53)41(5,6)32(42)14-17-44(33,43)9/h10-11,21,25,28,30,32-35,50H,12-20,22-24,26-27,46H2,1-9H3,(H,52,53)/t30-,32+,33-,34+,35+,42+,43-,44-,45+/m1/s1. The van der Waals surface area contributed by atoms with E-state index in [-0.39, 0.29) is 51.8 Å². The molecule has 54 heavy (non-hydrogen) atoms. The van der Waals surface area contributed by atoms with Crippen molar-refractivity contribution < 1.29 is 29.3 Å². The Hall–Kier alpha value is -2.62. The molecule has 0 radical (unpaired) electrons. The van der Waals surface area contributed by atoms with E-state index in [1.807, 2.05) is 12.3 Å². The van der Waals surface area contributed by atoms with Crippen LogP contribution in [0.2, 0.25) is 0 Å². The van der Waals surface area contributed by atoms with Gasteiger partial charge in [-0.15, -0.1) is 0 Å². The number of carbonyl (C=O) groups excluding carboxylic acids is 2. The lowest BCUT2D eigenvalue weighted by Gasteiger charge is -2.72. The van der Waals surface area contributed by atoms with Crippen molar-refractivity contribution in [3.05, 3.63) is 41.2 Å². The molecule has 0 bridgehead atoms. The van der Waals surface area contributed by atoms with Crippen LogP contribution in [-0.2, 0) is 25.7 Å². The SMILES string of the molecule is CC(C)C1=C2[C@H]3CC[C@@H]4[C@@]5(C)CC[C@H](OC(=O)CC(C)(C)C(=O)O)C(C)(C)[C@@H]5CC[C@@]4(C)[C@]3(C)CC[C@@]2([C@@H](O)CN(CCN)Cc2cccnc2)CC1=O. The number of pyridine rings is 1. The van der Waals surface area contributed by atoms with Gasteiger partial charge in [-0.2, -0.15) is 0 Å². The third-order valence-corrected chi connectivity index (χ3v) is 16.5. The average Bonchev–Trinajstić information content (AvgIpc) is 3.40. The van der Waals surface area contributed by atoms with Gasteiger partial charge in [0.15, 0.2) is 5.78 Å². The third kappa shape index (κ3) is 6.50. The Balaban J connectivity index is 1.29. The van der Waals surface area contributed by atoms with Crippen molar-refractivity contribution in [2.24, 2.45) is 61.9 Å². The molecule has 0 aliphatic heterocycles. The molecule has 9 atom stereocenters. The van der Waals surface area contributed by atoms with E-state index in [1.165, 1.54) is 5.57 Å². The minimum atomic E-state index is -1.17. The number of carboxylic acid groups (broad SMARTS) is 1. The zero-order valence-corrected chi connectivity index (χ0v) is 34.7. The van der Waals surface area contributed by atoms with E-state index in [0.29, 0.717) is 44.4 Å². The number of rotatable bonds is 12. The van der Waals surface area contributed by atoms with Gasteiger partial charge in [0.2, 0.25) is 0 Å². The normalized spacial score (nSPS) is 36.6. The monoisotopic (exact) mass is 748 g/mol. The minimum absolute atomic E-state index is 0.0320. The number of fused-ring (bicyclic) bond motifs is 7. The maximum absolute atomic E-state index is 14.2. The lowest BCUT2D eigenvalue weighted by molar-refractivity contribution is -0.235. The number of carboxylic acids is 1. The molecule has 0 spiro atoms. The number of aliphatic hydroxyl groups excluding tert-OH is 1. The van der Waals surface area contributed by atoms with Gasteiger partial charge in [-0.25, -0.2) is 0 Å². The van der Waals surface area contributed by atoms with Gasteiger partial charge >= 0.3 is 11.9 Å². The predicted octanol–water partition coefficient (Wildman–Crippen LogP) is 7.60. The van der Waals surface area contributed by atoms with Crippen molar-refractivity contribution in [1.82, 2.24) is 9.88 Å². The second-order valence-electron chi connectivity index (χ2n) is 20.5. The van der Waals surface area contributed by atoms with Crippen LogP contribution in [-0.4, -0.2) is 69.7 Å². The van der Waals surface area contributed by atoms with Crippen LogP contribution in [0.5, 0.6) is 0 Å². The molecule has 4 fully saturated rings. The van der Waals surface area contributed by atoms with Crippen LogP contribution < -0.4 is 5.73 Å². The number of ether oxygens (including phenoxy) is 1. The zero-order chi connectivity index (χ0) is 39.6. The van der Waals surface area contributed by atoms with E-state index < -0.39 is 28.9 Å². The van der Waals surface area contributed by atoms with Crippen LogP contribution in [0.3, 0.4) is 0 Å². The second kappa shape index (κ2) is 14.4. The van der Waals surface area contributed by atoms with Crippen molar-refractivity contribution >= 4 is 17.7 Å². The summed E-state index contributed by atoms with van der Waals surface area (Å²) < 4.78 is 6.18. The van der Waals surface area contributed by atoms with Crippen molar-refractivity contribution in [2.75, 3.05) is 19.6 Å². The number of nitrogens with two attached hydrogens (primary N) is 1. The van der Waals surface area contributed by atoms with Crippen LogP contribution in [0.25, 0.3) is 0 Å².